The average Bonchev–Trinajstić information content (AvgIpc) is 3.30. The molecule has 2 aromatic rings. The van der Waals surface area contributed by atoms with Gasteiger partial charge in [0, 0.05) is 6.07 Å². The van der Waals surface area contributed by atoms with Crippen LogP contribution in [0.5, 0.6) is 0 Å². The number of aromatic nitrogens is 2. The Morgan fingerprint density at radius 3 is 2.96 bits per heavy atom. The standard InChI is InChI=1S/C17H19Cl2N3O2/c1-11(24-10-12-5-6-12)17(23)21-15-7-8-20-22(15)9-13-3-2-4-14(18)16(13)19/h2-4,7-8,11-12H,5-6,9-10H2,1H3,(H,21,23). The monoisotopic (exact) mass is 367 g/mol. The van der Waals surface area contributed by atoms with Gasteiger partial charge in [-0.05, 0) is 37.3 Å². The fraction of sp³-hybridized carbons (Fsp3) is 0.412. The number of rotatable bonds is 7. The molecule has 1 heterocycles. The van der Waals surface area contributed by atoms with E-state index in [0.29, 0.717) is 34.9 Å². The molecular weight excluding hydrogens is 349 g/mol. The first-order valence-corrected chi connectivity index (χ1v) is 8.67. The number of amides is 1. The first-order valence-electron chi connectivity index (χ1n) is 7.91. The summed E-state index contributed by atoms with van der Waals surface area (Å²) in [7, 11) is 0. The average molecular weight is 368 g/mol. The molecular formula is C17H19Cl2N3O2. The number of ether oxygens (including phenoxy) is 1. The summed E-state index contributed by atoms with van der Waals surface area (Å²) >= 11 is 12.3. The second-order valence-electron chi connectivity index (χ2n) is 6.00. The van der Waals surface area contributed by atoms with Gasteiger partial charge < -0.3 is 10.1 Å². The van der Waals surface area contributed by atoms with Crippen LogP contribution in [0.2, 0.25) is 10.0 Å². The van der Waals surface area contributed by atoms with Gasteiger partial charge in [0.2, 0.25) is 0 Å². The van der Waals surface area contributed by atoms with Gasteiger partial charge in [0.1, 0.15) is 11.9 Å². The highest BCUT2D eigenvalue weighted by atomic mass is 35.5. The molecule has 1 aliphatic rings. The molecule has 24 heavy (non-hydrogen) atoms. The predicted octanol–water partition coefficient (Wildman–Crippen LogP) is 3.99. The summed E-state index contributed by atoms with van der Waals surface area (Å²) in [6.45, 7) is 2.82. The molecule has 0 radical (unpaired) electrons. The van der Waals surface area contributed by atoms with Crippen molar-refractivity contribution < 1.29 is 9.53 Å². The van der Waals surface area contributed by atoms with E-state index in [1.165, 1.54) is 12.8 Å². The number of carbonyl (C=O) groups excluding carboxylic acids is 1. The van der Waals surface area contributed by atoms with Crippen molar-refractivity contribution >= 4 is 34.9 Å². The largest absolute Gasteiger partial charge is 0.368 e. The van der Waals surface area contributed by atoms with Crippen LogP contribution >= 0.6 is 23.2 Å². The lowest BCUT2D eigenvalue weighted by atomic mass is 10.2. The van der Waals surface area contributed by atoms with Crippen LogP contribution in [0, 0.1) is 5.92 Å². The third-order valence-corrected chi connectivity index (χ3v) is 4.83. The van der Waals surface area contributed by atoms with Gasteiger partial charge in [0.15, 0.2) is 0 Å². The molecule has 1 amide bonds. The second-order valence-corrected chi connectivity index (χ2v) is 6.78. The van der Waals surface area contributed by atoms with Crippen LogP contribution in [0.1, 0.15) is 25.3 Å². The number of carbonyl (C=O) groups is 1. The third kappa shape index (κ3) is 4.29. The fourth-order valence-electron chi connectivity index (χ4n) is 2.27. The van der Waals surface area contributed by atoms with Crippen LogP contribution in [0.25, 0.3) is 0 Å². The van der Waals surface area contributed by atoms with Crippen molar-refractivity contribution in [2.45, 2.75) is 32.4 Å². The minimum absolute atomic E-state index is 0.186. The van der Waals surface area contributed by atoms with E-state index >= 15 is 0 Å². The first kappa shape index (κ1) is 17.3. The van der Waals surface area contributed by atoms with Gasteiger partial charge >= 0.3 is 0 Å². The van der Waals surface area contributed by atoms with E-state index < -0.39 is 6.10 Å². The van der Waals surface area contributed by atoms with Crippen LogP contribution in [0.15, 0.2) is 30.5 Å². The zero-order valence-corrected chi connectivity index (χ0v) is 14.8. The molecule has 1 N–H and O–H groups in total. The van der Waals surface area contributed by atoms with Gasteiger partial charge in [0.25, 0.3) is 5.91 Å². The molecule has 1 aromatic carbocycles. The lowest BCUT2D eigenvalue weighted by molar-refractivity contribution is -0.126. The van der Waals surface area contributed by atoms with E-state index in [4.69, 9.17) is 27.9 Å². The van der Waals surface area contributed by atoms with Crippen molar-refractivity contribution in [1.82, 2.24) is 9.78 Å². The summed E-state index contributed by atoms with van der Waals surface area (Å²) in [6.07, 6.45) is 3.52. The van der Waals surface area contributed by atoms with Crippen LogP contribution in [-0.4, -0.2) is 28.4 Å². The Labute approximate surface area is 150 Å². The van der Waals surface area contributed by atoms with Gasteiger partial charge in [-0.1, -0.05) is 35.3 Å². The molecule has 0 bridgehead atoms. The van der Waals surface area contributed by atoms with Gasteiger partial charge in [-0.15, -0.1) is 0 Å². The zero-order valence-electron chi connectivity index (χ0n) is 13.3. The Morgan fingerprint density at radius 2 is 2.21 bits per heavy atom. The quantitative estimate of drug-likeness (QED) is 0.804. The van der Waals surface area contributed by atoms with Crippen LogP contribution in [0.3, 0.4) is 0 Å². The molecule has 7 heteroatoms. The maximum atomic E-state index is 12.2. The van der Waals surface area contributed by atoms with E-state index in [2.05, 4.69) is 10.4 Å². The zero-order chi connectivity index (χ0) is 17.1. The Balaban J connectivity index is 1.64. The summed E-state index contributed by atoms with van der Waals surface area (Å²) < 4.78 is 7.26. The molecule has 1 atom stereocenters. The number of nitrogens with one attached hydrogen (secondary N) is 1. The van der Waals surface area contributed by atoms with Crippen molar-refractivity contribution in [2.24, 2.45) is 5.92 Å². The Kier molecular flexibility index (Phi) is 5.43. The van der Waals surface area contributed by atoms with Crippen LogP contribution < -0.4 is 5.32 Å². The van der Waals surface area contributed by atoms with Crippen LogP contribution in [0.4, 0.5) is 5.82 Å². The minimum atomic E-state index is -0.497. The van der Waals surface area contributed by atoms with Crippen molar-refractivity contribution in [3.05, 3.63) is 46.1 Å². The lowest BCUT2D eigenvalue weighted by Crippen LogP contribution is -2.29. The molecule has 1 aromatic heterocycles. The van der Waals surface area contributed by atoms with Gasteiger partial charge in [-0.2, -0.15) is 5.10 Å². The fourth-order valence-corrected chi connectivity index (χ4v) is 2.65. The Hall–Kier alpha value is -1.56. The molecule has 1 aliphatic carbocycles. The molecule has 0 aliphatic heterocycles. The highest BCUT2D eigenvalue weighted by Gasteiger charge is 2.24. The molecule has 3 rings (SSSR count). The molecule has 1 fully saturated rings. The summed E-state index contributed by atoms with van der Waals surface area (Å²) in [5.41, 5.74) is 0.835. The highest BCUT2D eigenvalue weighted by Crippen LogP contribution is 2.29. The smallest absolute Gasteiger partial charge is 0.254 e. The lowest BCUT2D eigenvalue weighted by Gasteiger charge is -2.14. The number of benzene rings is 1. The Bertz CT molecular complexity index is 728. The van der Waals surface area contributed by atoms with E-state index in [-0.39, 0.29) is 5.91 Å². The highest BCUT2D eigenvalue weighted by molar-refractivity contribution is 6.42. The summed E-state index contributed by atoms with van der Waals surface area (Å²) in [5.74, 6) is 1.03. The van der Waals surface area contributed by atoms with E-state index in [1.807, 2.05) is 12.1 Å². The Morgan fingerprint density at radius 1 is 1.42 bits per heavy atom. The number of hydrogen-bond acceptors (Lipinski definition) is 3. The topological polar surface area (TPSA) is 56.1 Å². The molecule has 128 valence electrons. The predicted molar refractivity (Wildman–Crippen MR) is 94.6 cm³/mol. The van der Waals surface area contributed by atoms with E-state index in [0.717, 1.165) is 5.56 Å². The molecule has 0 saturated heterocycles. The van der Waals surface area contributed by atoms with Gasteiger partial charge in [0.05, 0.1) is 29.4 Å². The summed E-state index contributed by atoms with van der Waals surface area (Å²) in [4.78, 5) is 12.2. The van der Waals surface area contributed by atoms with Crippen molar-refractivity contribution in [1.29, 1.82) is 0 Å². The van der Waals surface area contributed by atoms with E-state index in [9.17, 15) is 4.79 Å². The molecule has 1 unspecified atom stereocenters. The maximum absolute atomic E-state index is 12.2. The number of hydrogen-bond donors (Lipinski definition) is 1. The van der Waals surface area contributed by atoms with Crippen molar-refractivity contribution in [3.63, 3.8) is 0 Å². The maximum Gasteiger partial charge on any atom is 0.254 e. The minimum Gasteiger partial charge on any atom is -0.368 e. The number of halogens is 2. The summed E-state index contributed by atoms with van der Waals surface area (Å²) in [6, 6.07) is 7.18. The van der Waals surface area contributed by atoms with Crippen LogP contribution in [-0.2, 0) is 16.1 Å². The van der Waals surface area contributed by atoms with Crippen molar-refractivity contribution in [2.75, 3.05) is 11.9 Å². The molecule has 1 saturated carbocycles. The number of nitrogens with zero attached hydrogens (tertiary/aromatic N) is 2. The first-order chi connectivity index (χ1) is 11.5. The van der Waals surface area contributed by atoms with E-state index in [1.54, 1.807) is 29.9 Å². The van der Waals surface area contributed by atoms with Gasteiger partial charge in [-0.25, -0.2) is 4.68 Å². The normalized spacial score (nSPS) is 15.3. The second kappa shape index (κ2) is 7.55. The SMILES string of the molecule is CC(OCC1CC1)C(=O)Nc1ccnn1Cc1cccc(Cl)c1Cl. The third-order valence-electron chi connectivity index (χ3n) is 3.97. The summed E-state index contributed by atoms with van der Waals surface area (Å²) in [5, 5.41) is 8.08. The molecule has 0 spiro atoms. The number of anilines is 1. The molecule has 5 nitrogen and oxygen atoms in total. The van der Waals surface area contributed by atoms with Crippen molar-refractivity contribution in [3.8, 4) is 0 Å². The van der Waals surface area contributed by atoms with Gasteiger partial charge in [-0.3, -0.25) is 4.79 Å².